The van der Waals surface area contributed by atoms with Crippen LogP contribution in [0, 0.1) is 0 Å². The first-order valence-corrected chi connectivity index (χ1v) is 8.03. The van der Waals surface area contributed by atoms with E-state index in [0.717, 1.165) is 19.6 Å². The number of morpholine rings is 1. The second-order valence-electron chi connectivity index (χ2n) is 7.05. The molecule has 2 saturated heterocycles. The Kier molecular flexibility index (Phi) is 3.78. The van der Waals surface area contributed by atoms with Crippen LogP contribution in [0.2, 0.25) is 0 Å². The summed E-state index contributed by atoms with van der Waals surface area (Å²) in [4.78, 5) is 2.61. The van der Waals surface area contributed by atoms with E-state index in [2.05, 4.69) is 51.3 Å². The molecule has 0 aromatic carbocycles. The molecule has 0 amide bonds. The number of hydrogen-bond donors (Lipinski definition) is 1. The number of ether oxygens (including phenoxy) is 1. The molecule has 18 heavy (non-hydrogen) atoms. The average Bonchev–Trinajstić information content (AvgIpc) is 2.56. The molecule has 2 atom stereocenters. The van der Waals surface area contributed by atoms with Crippen LogP contribution in [0.4, 0.5) is 0 Å². The first kappa shape index (κ1) is 14.6. The van der Waals surface area contributed by atoms with E-state index in [-0.39, 0.29) is 16.7 Å². The van der Waals surface area contributed by atoms with Crippen molar-refractivity contribution in [1.82, 2.24) is 4.90 Å². The summed E-state index contributed by atoms with van der Waals surface area (Å²) in [5.41, 5.74) is 6.17. The van der Waals surface area contributed by atoms with Crippen LogP contribution in [0.15, 0.2) is 0 Å². The lowest BCUT2D eigenvalue weighted by Gasteiger charge is -2.54. The van der Waals surface area contributed by atoms with Gasteiger partial charge < -0.3 is 10.5 Å². The summed E-state index contributed by atoms with van der Waals surface area (Å²) in [6.07, 6.45) is 1.21. The minimum atomic E-state index is -0.0864. The molecule has 2 N–H and O–H groups in total. The van der Waals surface area contributed by atoms with Crippen molar-refractivity contribution in [1.29, 1.82) is 0 Å². The first-order chi connectivity index (χ1) is 8.21. The van der Waals surface area contributed by atoms with Crippen LogP contribution in [0.3, 0.4) is 0 Å². The molecule has 2 aliphatic rings. The third kappa shape index (κ3) is 2.58. The molecular formula is C14H28N2OS. The molecule has 2 heterocycles. The van der Waals surface area contributed by atoms with Crippen molar-refractivity contribution in [2.24, 2.45) is 5.73 Å². The number of rotatable bonds is 2. The van der Waals surface area contributed by atoms with E-state index in [1.165, 1.54) is 12.2 Å². The molecule has 2 unspecified atom stereocenters. The highest BCUT2D eigenvalue weighted by Gasteiger charge is 2.50. The van der Waals surface area contributed by atoms with E-state index in [1.54, 1.807) is 0 Å². The molecule has 2 rings (SSSR count). The summed E-state index contributed by atoms with van der Waals surface area (Å²) in [6, 6.07) is 0. The molecule has 0 radical (unpaired) electrons. The number of nitrogens with zero attached hydrogens (tertiary/aromatic N) is 1. The van der Waals surface area contributed by atoms with Crippen LogP contribution in [-0.4, -0.2) is 52.3 Å². The lowest BCUT2D eigenvalue weighted by Crippen LogP contribution is -2.67. The van der Waals surface area contributed by atoms with Crippen molar-refractivity contribution in [2.75, 3.05) is 25.4 Å². The fourth-order valence-corrected chi connectivity index (χ4v) is 5.18. The van der Waals surface area contributed by atoms with E-state index < -0.39 is 0 Å². The zero-order valence-electron chi connectivity index (χ0n) is 12.5. The van der Waals surface area contributed by atoms with Gasteiger partial charge in [-0.2, -0.15) is 11.8 Å². The van der Waals surface area contributed by atoms with Gasteiger partial charge in [-0.25, -0.2) is 0 Å². The summed E-state index contributed by atoms with van der Waals surface area (Å²) >= 11 is 2.06. The molecule has 2 fully saturated rings. The zero-order valence-corrected chi connectivity index (χ0v) is 13.3. The Morgan fingerprint density at radius 3 is 2.17 bits per heavy atom. The third-order valence-electron chi connectivity index (χ3n) is 4.34. The molecule has 0 saturated carbocycles. The Balaban J connectivity index is 2.26. The molecular weight excluding hydrogens is 244 g/mol. The number of nitrogens with two attached hydrogens (primary N) is 1. The smallest absolute Gasteiger partial charge is 0.0761 e. The van der Waals surface area contributed by atoms with Gasteiger partial charge >= 0.3 is 0 Å². The van der Waals surface area contributed by atoms with Crippen molar-refractivity contribution in [3.8, 4) is 0 Å². The van der Waals surface area contributed by atoms with E-state index in [9.17, 15) is 0 Å². The van der Waals surface area contributed by atoms with Gasteiger partial charge in [0.1, 0.15) is 0 Å². The Hall–Kier alpha value is 0.230. The van der Waals surface area contributed by atoms with E-state index in [1.807, 2.05) is 0 Å². The molecule has 0 spiro atoms. The minimum Gasteiger partial charge on any atom is -0.367 e. The second-order valence-corrected chi connectivity index (χ2v) is 8.50. The second kappa shape index (κ2) is 4.65. The van der Waals surface area contributed by atoms with Gasteiger partial charge in [-0.1, -0.05) is 6.92 Å². The monoisotopic (exact) mass is 272 g/mol. The Labute approximate surface area is 116 Å². The Morgan fingerprint density at radius 2 is 1.78 bits per heavy atom. The molecule has 106 valence electrons. The summed E-state index contributed by atoms with van der Waals surface area (Å²) < 4.78 is 6.19. The van der Waals surface area contributed by atoms with Gasteiger partial charge in [0.25, 0.3) is 0 Å². The van der Waals surface area contributed by atoms with Crippen LogP contribution < -0.4 is 5.73 Å². The maximum Gasteiger partial charge on any atom is 0.0761 e. The predicted octanol–water partition coefficient (Wildman–Crippen LogP) is 2.10. The fraction of sp³-hybridized carbons (Fsp3) is 1.00. The SMILES string of the molecule is CC1SCCC1(CN)N1CC(C)(C)OC(C)(C)C1. The third-order valence-corrected chi connectivity index (χ3v) is 5.72. The quantitative estimate of drug-likeness (QED) is 0.835. The lowest BCUT2D eigenvalue weighted by atomic mass is 9.86. The van der Waals surface area contributed by atoms with Crippen molar-refractivity contribution in [3.05, 3.63) is 0 Å². The van der Waals surface area contributed by atoms with Crippen molar-refractivity contribution >= 4 is 11.8 Å². The van der Waals surface area contributed by atoms with Gasteiger partial charge in [0.05, 0.1) is 11.2 Å². The number of hydrogen-bond acceptors (Lipinski definition) is 4. The average molecular weight is 272 g/mol. The van der Waals surface area contributed by atoms with Crippen molar-refractivity contribution in [3.63, 3.8) is 0 Å². The van der Waals surface area contributed by atoms with Gasteiger partial charge in [0.2, 0.25) is 0 Å². The van der Waals surface area contributed by atoms with Gasteiger partial charge in [-0.05, 0) is 39.9 Å². The van der Waals surface area contributed by atoms with Gasteiger partial charge in [0, 0.05) is 30.4 Å². The summed E-state index contributed by atoms with van der Waals surface area (Å²) in [5.74, 6) is 1.23. The Morgan fingerprint density at radius 1 is 1.22 bits per heavy atom. The zero-order chi connectivity index (χ0) is 13.6. The van der Waals surface area contributed by atoms with Crippen LogP contribution >= 0.6 is 11.8 Å². The van der Waals surface area contributed by atoms with Crippen molar-refractivity contribution in [2.45, 2.75) is 63.0 Å². The molecule has 0 aromatic heterocycles. The van der Waals surface area contributed by atoms with Crippen LogP contribution in [0.25, 0.3) is 0 Å². The highest BCUT2D eigenvalue weighted by Crippen LogP contribution is 2.43. The van der Waals surface area contributed by atoms with Crippen LogP contribution in [-0.2, 0) is 4.74 Å². The van der Waals surface area contributed by atoms with Gasteiger partial charge in [0.15, 0.2) is 0 Å². The highest BCUT2D eigenvalue weighted by atomic mass is 32.2. The van der Waals surface area contributed by atoms with E-state index in [4.69, 9.17) is 10.5 Å². The maximum atomic E-state index is 6.19. The highest BCUT2D eigenvalue weighted by molar-refractivity contribution is 8.00. The largest absolute Gasteiger partial charge is 0.367 e. The topological polar surface area (TPSA) is 38.5 Å². The van der Waals surface area contributed by atoms with Gasteiger partial charge in [-0.3, -0.25) is 4.90 Å². The minimum absolute atomic E-state index is 0.0864. The van der Waals surface area contributed by atoms with Crippen molar-refractivity contribution < 1.29 is 4.74 Å². The summed E-state index contributed by atoms with van der Waals surface area (Å²) in [6.45, 7) is 13.8. The lowest BCUT2D eigenvalue weighted by molar-refractivity contribution is -0.198. The van der Waals surface area contributed by atoms with E-state index >= 15 is 0 Å². The first-order valence-electron chi connectivity index (χ1n) is 6.98. The molecule has 0 aromatic rings. The molecule has 4 heteroatoms. The standard InChI is InChI=1S/C14H28N2OS/c1-11-14(8-15,6-7-18-11)16-9-12(2,3)17-13(4,5)10-16/h11H,6-10,15H2,1-5H3. The predicted molar refractivity (Wildman–Crippen MR) is 79.1 cm³/mol. The summed E-state index contributed by atoms with van der Waals surface area (Å²) in [7, 11) is 0. The summed E-state index contributed by atoms with van der Waals surface area (Å²) in [5, 5.41) is 0.618. The number of thioether (sulfide) groups is 1. The molecule has 0 aliphatic carbocycles. The maximum absolute atomic E-state index is 6.19. The normalized spacial score (nSPS) is 40.0. The van der Waals surface area contributed by atoms with Gasteiger partial charge in [-0.15, -0.1) is 0 Å². The van der Waals surface area contributed by atoms with E-state index in [0.29, 0.717) is 5.25 Å². The Bertz CT molecular complexity index is 303. The van der Waals surface area contributed by atoms with Crippen LogP contribution in [0.1, 0.15) is 41.0 Å². The fourth-order valence-electron chi connectivity index (χ4n) is 3.69. The molecule has 2 aliphatic heterocycles. The van der Waals surface area contributed by atoms with Crippen LogP contribution in [0.5, 0.6) is 0 Å². The molecule has 3 nitrogen and oxygen atoms in total. The molecule has 0 bridgehead atoms.